The van der Waals surface area contributed by atoms with Crippen LogP contribution in [0.5, 0.6) is 5.75 Å². The van der Waals surface area contributed by atoms with E-state index in [-0.39, 0.29) is 6.54 Å². The standard InChI is InChI=1S/C32H42N4O4/c1-5-6-7-8-9-18-39-27-16-14-24(15-17-27)26-20-34-30(35-21-26)25-12-10-23(11-13-25)19-28(33)31(38)36-22-29(37)40-32(2,3)4/h10-17,20-21,28H,5-9,18-19,22,33H2,1-4H3,(H,36,38). The molecule has 0 aliphatic rings. The Morgan fingerprint density at radius 1 is 0.875 bits per heavy atom. The molecule has 1 amide bonds. The predicted octanol–water partition coefficient (Wildman–Crippen LogP) is 5.49. The van der Waals surface area contributed by atoms with E-state index in [1.165, 1.54) is 25.7 Å². The molecule has 3 aromatic rings. The summed E-state index contributed by atoms with van der Waals surface area (Å²) in [6.45, 7) is 8.06. The van der Waals surface area contributed by atoms with Crippen molar-refractivity contribution in [3.63, 3.8) is 0 Å². The van der Waals surface area contributed by atoms with Crippen LogP contribution in [0.25, 0.3) is 22.5 Å². The van der Waals surface area contributed by atoms with Crippen LogP contribution in [-0.4, -0.2) is 46.6 Å². The average molecular weight is 547 g/mol. The molecule has 0 saturated carbocycles. The molecule has 1 heterocycles. The lowest BCUT2D eigenvalue weighted by molar-refractivity contribution is -0.154. The van der Waals surface area contributed by atoms with Gasteiger partial charge in [-0.25, -0.2) is 9.97 Å². The van der Waals surface area contributed by atoms with Gasteiger partial charge in [-0.3, -0.25) is 9.59 Å². The fraction of sp³-hybridized carbons (Fsp3) is 0.438. The highest BCUT2D eigenvalue weighted by molar-refractivity contribution is 5.85. The Balaban J connectivity index is 1.48. The molecule has 3 N–H and O–H groups in total. The lowest BCUT2D eigenvalue weighted by Crippen LogP contribution is -2.44. The van der Waals surface area contributed by atoms with Crippen molar-refractivity contribution in [2.45, 2.75) is 77.9 Å². The Morgan fingerprint density at radius 3 is 2.12 bits per heavy atom. The summed E-state index contributed by atoms with van der Waals surface area (Å²) in [5, 5.41) is 2.54. The third-order valence-electron chi connectivity index (χ3n) is 6.19. The van der Waals surface area contributed by atoms with E-state index in [9.17, 15) is 9.59 Å². The summed E-state index contributed by atoms with van der Waals surface area (Å²) >= 11 is 0. The minimum atomic E-state index is -0.786. The number of carbonyl (C=O) groups excluding carboxylic acids is 2. The number of nitrogens with zero attached hydrogens (tertiary/aromatic N) is 2. The first-order valence-electron chi connectivity index (χ1n) is 14.0. The second-order valence-electron chi connectivity index (χ2n) is 10.9. The molecule has 1 unspecified atom stereocenters. The van der Waals surface area contributed by atoms with Crippen molar-refractivity contribution in [1.29, 1.82) is 0 Å². The highest BCUT2D eigenvalue weighted by Crippen LogP contribution is 2.23. The van der Waals surface area contributed by atoms with Gasteiger partial charge in [0.15, 0.2) is 5.82 Å². The largest absolute Gasteiger partial charge is 0.494 e. The fourth-order valence-corrected chi connectivity index (χ4v) is 4.07. The average Bonchev–Trinajstić information content (AvgIpc) is 2.93. The maximum absolute atomic E-state index is 12.3. The second-order valence-corrected chi connectivity index (χ2v) is 10.9. The highest BCUT2D eigenvalue weighted by Gasteiger charge is 2.19. The number of aromatic nitrogens is 2. The minimum Gasteiger partial charge on any atom is -0.494 e. The number of ether oxygens (including phenoxy) is 2. The number of esters is 1. The van der Waals surface area contributed by atoms with Crippen molar-refractivity contribution in [3.8, 4) is 28.3 Å². The van der Waals surface area contributed by atoms with Crippen LogP contribution in [-0.2, 0) is 20.7 Å². The highest BCUT2D eigenvalue weighted by atomic mass is 16.6. The molecule has 0 saturated heterocycles. The fourth-order valence-electron chi connectivity index (χ4n) is 4.07. The molecule has 8 nitrogen and oxygen atoms in total. The van der Waals surface area contributed by atoms with Crippen molar-refractivity contribution in [2.75, 3.05) is 13.2 Å². The molecular weight excluding hydrogens is 504 g/mol. The van der Waals surface area contributed by atoms with Crippen molar-refractivity contribution in [2.24, 2.45) is 5.73 Å². The van der Waals surface area contributed by atoms with Gasteiger partial charge in [0.25, 0.3) is 0 Å². The number of nitrogens with two attached hydrogens (primary N) is 1. The first kappa shape index (κ1) is 30.8. The molecule has 0 aliphatic carbocycles. The van der Waals surface area contributed by atoms with Crippen molar-refractivity contribution in [1.82, 2.24) is 15.3 Å². The minimum absolute atomic E-state index is 0.215. The Labute approximate surface area is 237 Å². The zero-order chi connectivity index (χ0) is 29.0. The predicted molar refractivity (Wildman–Crippen MR) is 158 cm³/mol. The third-order valence-corrected chi connectivity index (χ3v) is 6.19. The number of carbonyl (C=O) groups is 2. The van der Waals surface area contributed by atoms with Gasteiger partial charge >= 0.3 is 5.97 Å². The maximum atomic E-state index is 12.3. The number of amides is 1. The van der Waals surface area contributed by atoms with Crippen LogP contribution in [0.2, 0.25) is 0 Å². The van der Waals surface area contributed by atoms with E-state index < -0.39 is 23.5 Å². The first-order valence-corrected chi connectivity index (χ1v) is 14.0. The second kappa shape index (κ2) is 15.1. The molecule has 3 rings (SSSR count). The summed E-state index contributed by atoms with van der Waals surface area (Å²) in [7, 11) is 0. The number of hydrogen-bond acceptors (Lipinski definition) is 7. The van der Waals surface area contributed by atoms with Gasteiger partial charge < -0.3 is 20.5 Å². The van der Waals surface area contributed by atoms with E-state index in [4.69, 9.17) is 15.2 Å². The number of rotatable bonds is 14. The quantitative estimate of drug-likeness (QED) is 0.203. The molecule has 40 heavy (non-hydrogen) atoms. The maximum Gasteiger partial charge on any atom is 0.325 e. The van der Waals surface area contributed by atoms with E-state index in [2.05, 4.69) is 22.2 Å². The Morgan fingerprint density at radius 2 is 1.50 bits per heavy atom. The molecule has 0 fully saturated rings. The topological polar surface area (TPSA) is 116 Å². The van der Waals surface area contributed by atoms with Gasteiger partial charge in [-0.1, -0.05) is 69.0 Å². The van der Waals surface area contributed by atoms with E-state index in [0.29, 0.717) is 12.2 Å². The number of benzene rings is 2. The zero-order valence-corrected chi connectivity index (χ0v) is 24.1. The Bertz CT molecular complexity index is 1200. The molecule has 2 aromatic carbocycles. The van der Waals surface area contributed by atoms with Crippen LogP contribution in [0.15, 0.2) is 60.9 Å². The first-order chi connectivity index (χ1) is 19.1. The smallest absolute Gasteiger partial charge is 0.325 e. The van der Waals surface area contributed by atoms with Gasteiger partial charge in [0.2, 0.25) is 5.91 Å². The van der Waals surface area contributed by atoms with Gasteiger partial charge in [0.1, 0.15) is 17.9 Å². The van der Waals surface area contributed by atoms with Crippen LogP contribution >= 0.6 is 0 Å². The summed E-state index contributed by atoms with van der Waals surface area (Å²) < 4.78 is 11.1. The summed E-state index contributed by atoms with van der Waals surface area (Å²) in [4.78, 5) is 33.2. The zero-order valence-electron chi connectivity index (χ0n) is 24.1. The third kappa shape index (κ3) is 10.4. The van der Waals surface area contributed by atoms with E-state index in [1.54, 1.807) is 20.8 Å². The summed E-state index contributed by atoms with van der Waals surface area (Å²) in [5.74, 6) is 0.573. The van der Waals surface area contributed by atoms with Crippen molar-refractivity contribution < 1.29 is 19.1 Å². The lowest BCUT2D eigenvalue weighted by Gasteiger charge is -2.20. The van der Waals surface area contributed by atoms with Crippen molar-refractivity contribution in [3.05, 3.63) is 66.5 Å². The van der Waals surface area contributed by atoms with Gasteiger partial charge in [-0.15, -0.1) is 0 Å². The number of unbranched alkanes of at least 4 members (excludes halogenated alkanes) is 4. The van der Waals surface area contributed by atoms with E-state index >= 15 is 0 Å². The van der Waals surface area contributed by atoms with Crippen LogP contribution in [0.3, 0.4) is 0 Å². The Kier molecular flexibility index (Phi) is 11.6. The van der Waals surface area contributed by atoms with Gasteiger partial charge in [-0.05, 0) is 56.9 Å². The summed E-state index contributed by atoms with van der Waals surface area (Å²) in [5.41, 5.74) is 9.14. The molecule has 0 aliphatic heterocycles. The molecule has 0 spiro atoms. The summed E-state index contributed by atoms with van der Waals surface area (Å²) in [6, 6.07) is 14.8. The number of nitrogens with one attached hydrogen (secondary N) is 1. The van der Waals surface area contributed by atoms with Crippen LogP contribution in [0.4, 0.5) is 0 Å². The van der Waals surface area contributed by atoms with Gasteiger partial charge in [0, 0.05) is 23.5 Å². The van der Waals surface area contributed by atoms with E-state index in [1.807, 2.05) is 60.9 Å². The van der Waals surface area contributed by atoms with Gasteiger partial charge in [0.05, 0.1) is 12.6 Å². The SMILES string of the molecule is CCCCCCCOc1ccc(-c2cnc(-c3ccc(CC(N)C(=O)NCC(=O)OC(C)(C)C)cc3)nc2)cc1. The monoisotopic (exact) mass is 546 g/mol. The normalized spacial score (nSPS) is 12.0. The molecule has 214 valence electrons. The Hall–Kier alpha value is -3.78. The molecule has 1 aromatic heterocycles. The summed E-state index contributed by atoms with van der Waals surface area (Å²) in [6.07, 6.45) is 10.0. The van der Waals surface area contributed by atoms with Gasteiger partial charge in [-0.2, -0.15) is 0 Å². The lowest BCUT2D eigenvalue weighted by atomic mass is 10.0. The molecule has 1 atom stereocenters. The van der Waals surface area contributed by atoms with E-state index in [0.717, 1.165) is 41.0 Å². The van der Waals surface area contributed by atoms with Crippen LogP contribution < -0.4 is 15.8 Å². The molecule has 8 heteroatoms. The molecule has 0 radical (unpaired) electrons. The number of hydrogen-bond donors (Lipinski definition) is 2. The van der Waals surface area contributed by atoms with Crippen LogP contribution in [0, 0.1) is 0 Å². The van der Waals surface area contributed by atoms with Crippen LogP contribution in [0.1, 0.15) is 65.4 Å². The van der Waals surface area contributed by atoms with Crippen molar-refractivity contribution >= 4 is 11.9 Å². The molecule has 0 bridgehead atoms. The molecular formula is C32H42N4O4.